The highest BCUT2D eigenvalue weighted by atomic mass is 16.2. The summed E-state index contributed by atoms with van der Waals surface area (Å²) < 4.78 is 0. The lowest BCUT2D eigenvalue weighted by Gasteiger charge is -2.11. The van der Waals surface area contributed by atoms with Gasteiger partial charge >= 0.3 is 0 Å². The first-order valence-corrected chi connectivity index (χ1v) is 10.3. The highest BCUT2D eigenvalue weighted by Gasteiger charge is 2.09. The number of fused-ring (bicyclic) bond motifs is 1. The van der Waals surface area contributed by atoms with Crippen LogP contribution in [0.4, 0.5) is 22.9 Å². The SMILES string of the molecule is CC#CC(=O)Nc1ccc2nccc(Nc3ccc(C(=O)Nc4cc(C)ccn4)cc3)c2c1. The highest BCUT2D eigenvalue weighted by molar-refractivity contribution is 6.06. The predicted molar refractivity (Wildman–Crippen MR) is 130 cm³/mol. The Morgan fingerprint density at radius 1 is 0.848 bits per heavy atom. The Kier molecular flexibility index (Phi) is 6.28. The minimum Gasteiger partial charge on any atom is -0.355 e. The largest absolute Gasteiger partial charge is 0.355 e. The van der Waals surface area contributed by atoms with Gasteiger partial charge in [0, 0.05) is 40.4 Å². The second-order valence-electron chi connectivity index (χ2n) is 7.29. The molecule has 0 bridgehead atoms. The fraction of sp³-hybridized carbons (Fsp3) is 0.0769. The third-order valence-electron chi connectivity index (χ3n) is 4.82. The van der Waals surface area contributed by atoms with Gasteiger partial charge in [0.2, 0.25) is 0 Å². The molecule has 7 heteroatoms. The predicted octanol–water partition coefficient (Wildman–Crippen LogP) is 4.90. The van der Waals surface area contributed by atoms with Crippen molar-refractivity contribution in [2.45, 2.75) is 13.8 Å². The molecule has 2 aromatic carbocycles. The minimum absolute atomic E-state index is 0.232. The summed E-state index contributed by atoms with van der Waals surface area (Å²) in [6.07, 6.45) is 3.37. The zero-order valence-corrected chi connectivity index (χ0v) is 18.1. The van der Waals surface area contributed by atoms with Gasteiger partial charge in [0.1, 0.15) is 5.82 Å². The molecule has 162 valence electrons. The molecule has 0 aliphatic heterocycles. The first kappa shape index (κ1) is 21.5. The second kappa shape index (κ2) is 9.62. The van der Waals surface area contributed by atoms with Crippen LogP contribution in [-0.4, -0.2) is 21.8 Å². The number of aryl methyl sites for hydroxylation is 1. The van der Waals surface area contributed by atoms with E-state index in [0.717, 1.165) is 27.8 Å². The maximum Gasteiger partial charge on any atom is 0.300 e. The van der Waals surface area contributed by atoms with Crippen molar-refractivity contribution in [3.63, 3.8) is 0 Å². The molecule has 0 radical (unpaired) electrons. The number of anilines is 4. The van der Waals surface area contributed by atoms with Crippen LogP contribution in [0.5, 0.6) is 0 Å². The Balaban J connectivity index is 1.52. The quantitative estimate of drug-likeness (QED) is 0.388. The summed E-state index contributed by atoms with van der Waals surface area (Å²) >= 11 is 0. The average molecular weight is 435 g/mol. The number of carbonyl (C=O) groups is 2. The maximum atomic E-state index is 12.5. The van der Waals surface area contributed by atoms with Gasteiger partial charge in [0.15, 0.2) is 0 Å². The fourth-order valence-electron chi connectivity index (χ4n) is 3.26. The van der Waals surface area contributed by atoms with E-state index in [9.17, 15) is 9.59 Å². The van der Waals surface area contributed by atoms with Gasteiger partial charge in [-0.15, -0.1) is 0 Å². The van der Waals surface area contributed by atoms with E-state index in [1.54, 1.807) is 37.5 Å². The molecule has 0 spiro atoms. The standard InChI is InChI=1S/C26H21N5O2/c1-3-4-25(32)30-20-9-10-22-21(16-20)23(12-14-27-22)29-19-7-5-18(6-8-19)26(33)31-24-15-17(2)11-13-28-24/h5-16H,1-2H3,(H,27,29)(H,30,32)(H,28,31,33). The minimum atomic E-state index is -0.370. The zero-order valence-electron chi connectivity index (χ0n) is 18.1. The number of benzene rings is 2. The van der Waals surface area contributed by atoms with Crippen molar-refractivity contribution in [2.24, 2.45) is 0 Å². The van der Waals surface area contributed by atoms with Crippen molar-refractivity contribution >= 4 is 45.6 Å². The van der Waals surface area contributed by atoms with Crippen LogP contribution < -0.4 is 16.0 Å². The topological polar surface area (TPSA) is 96.0 Å². The molecule has 0 atom stereocenters. The van der Waals surface area contributed by atoms with Crippen LogP contribution in [0.2, 0.25) is 0 Å². The van der Waals surface area contributed by atoms with Gasteiger partial charge in [-0.2, -0.15) is 0 Å². The summed E-state index contributed by atoms with van der Waals surface area (Å²) in [5.41, 5.74) is 4.57. The van der Waals surface area contributed by atoms with Gasteiger partial charge in [-0.25, -0.2) is 4.98 Å². The lowest BCUT2D eigenvalue weighted by molar-refractivity contribution is -0.111. The van der Waals surface area contributed by atoms with Gasteiger partial charge in [-0.05, 0) is 86.0 Å². The molecule has 0 saturated carbocycles. The molecule has 33 heavy (non-hydrogen) atoms. The summed E-state index contributed by atoms with van der Waals surface area (Å²) in [6.45, 7) is 3.55. The van der Waals surface area contributed by atoms with Gasteiger partial charge in [-0.1, -0.05) is 5.92 Å². The number of hydrogen-bond acceptors (Lipinski definition) is 5. The number of rotatable bonds is 5. The Hall–Kier alpha value is -4.70. The Labute approximate surface area is 191 Å². The molecule has 0 fully saturated rings. The van der Waals surface area contributed by atoms with E-state index < -0.39 is 0 Å². The van der Waals surface area contributed by atoms with Gasteiger partial charge in [-0.3, -0.25) is 14.6 Å². The van der Waals surface area contributed by atoms with Crippen LogP contribution in [0.1, 0.15) is 22.8 Å². The monoisotopic (exact) mass is 435 g/mol. The molecule has 4 rings (SSSR count). The summed E-state index contributed by atoms with van der Waals surface area (Å²) in [7, 11) is 0. The molecule has 2 amide bonds. The summed E-state index contributed by atoms with van der Waals surface area (Å²) in [5, 5.41) is 9.74. The van der Waals surface area contributed by atoms with E-state index in [-0.39, 0.29) is 11.8 Å². The Morgan fingerprint density at radius 3 is 2.36 bits per heavy atom. The molecule has 2 heterocycles. The van der Waals surface area contributed by atoms with Crippen molar-refractivity contribution in [1.82, 2.24) is 9.97 Å². The van der Waals surface area contributed by atoms with E-state index >= 15 is 0 Å². The van der Waals surface area contributed by atoms with Crippen molar-refractivity contribution in [3.05, 3.63) is 84.2 Å². The van der Waals surface area contributed by atoms with E-state index in [1.807, 2.05) is 49.4 Å². The number of amides is 2. The summed E-state index contributed by atoms with van der Waals surface area (Å²) in [4.78, 5) is 32.9. The van der Waals surface area contributed by atoms with Crippen LogP contribution in [0.15, 0.2) is 73.1 Å². The van der Waals surface area contributed by atoms with Crippen molar-refractivity contribution in [2.75, 3.05) is 16.0 Å². The normalized spacial score (nSPS) is 10.1. The number of aromatic nitrogens is 2. The molecule has 0 aliphatic carbocycles. The maximum absolute atomic E-state index is 12.5. The number of nitrogens with zero attached hydrogens (tertiary/aromatic N) is 2. The van der Waals surface area contributed by atoms with Gasteiger partial charge < -0.3 is 16.0 Å². The zero-order chi connectivity index (χ0) is 23.2. The molecular formula is C26H21N5O2. The van der Waals surface area contributed by atoms with E-state index in [1.165, 1.54) is 0 Å². The van der Waals surface area contributed by atoms with E-state index in [0.29, 0.717) is 17.1 Å². The Morgan fingerprint density at radius 2 is 1.61 bits per heavy atom. The van der Waals surface area contributed by atoms with Crippen LogP contribution in [-0.2, 0) is 4.79 Å². The third-order valence-corrected chi connectivity index (χ3v) is 4.82. The molecule has 7 nitrogen and oxygen atoms in total. The lowest BCUT2D eigenvalue weighted by Crippen LogP contribution is -2.12. The molecular weight excluding hydrogens is 414 g/mol. The van der Waals surface area contributed by atoms with E-state index in [2.05, 4.69) is 37.8 Å². The average Bonchev–Trinajstić information content (AvgIpc) is 2.80. The molecule has 2 aromatic heterocycles. The summed E-state index contributed by atoms with van der Waals surface area (Å²) in [5.74, 6) is 4.95. The van der Waals surface area contributed by atoms with Crippen LogP contribution in [0.25, 0.3) is 10.9 Å². The van der Waals surface area contributed by atoms with Gasteiger partial charge in [0.05, 0.1) is 5.52 Å². The number of nitrogens with one attached hydrogen (secondary N) is 3. The number of hydrogen-bond donors (Lipinski definition) is 3. The van der Waals surface area contributed by atoms with Gasteiger partial charge in [0.25, 0.3) is 11.8 Å². The molecule has 0 unspecified atom stereocenters. The van der Waals surface area contributed by atoms with Crippen molar-refractivity contribution in [3.8, 4) is 11.8 Å². The number of pyridine rings is 2. The van der Waals surface area contributed by atoms with E-state index in [4.69, 9.17) is 0 Å². The lowest BCUT2D eigenvalue weighted by atomic mass is 10.1. The van der Waals surface area contributed by atoms with Crippen LogP contribution in [0, 0.1) is 18.8 Å². The second-order valence-corrected chi connectivity index (χ2v) is 7.29. The molecule has 4 aromatic rings. The van der Waals surface area contributed by atoms with Crippen LogP contribution >= 0.6 is 0 Å². The first-order chi connectivity index (χ1) is 16.0. The number of carbonyl (C=O) groups excluding carboxylic acids is 2. The third kappa shape index (κ3) is 5.32. The van der Waals surface area contributed by atoms with Crippen molar-refractivity contribution in [1.29, 1.82) is 0 Å². The molecule has 3 N–H and O–H groups in total. The molecule has 0 saturated heterocycles. The smallest absolute Gasteiger partial charge is 0.300 e. The Bertz CT molecular complexity index is 1400. The first-order valence-electron chi connectivity index (χ1n) is 10.3. The fourth-order valence-corrected chi connectivity index (χ4v) is 3.26. The van der Waals surface area contributed by atoms with Crippen LogP contribution in [0.3, 0.4) is 0 Å². The molecule has 0 aliphatic rings. The van der Waals surface area contributed by atoms with Crippen molar-refractivity contribution < 1.29 is 9.59 Å². The highest BCUT2D eigenvalue weighted by Crippen LogP contribution is 2.28. The summed E-state index contributed by atoms with van der Waals surface area (Å²) in [6, 6.07) is 18.1.